The highest BCUT2D eigenvalue weighted by atomic mass is 16.2. The molecule has 0 radical (unpaired) electrons. The van der Waals surface area contributed by atoms with Crippen LogP contribution in [-0.2, 0) is 11.3 Å². The Morgan fingerprint density at radius 1 is 1.30 bits per heavy atom. The quantitative estimate of drug-likeness (QED) is 0.803. The predicted molar refractivity (Wildman–Crippen MR) is 90.8 cm³/mol. The molecular formula is C18H26N4O. The molecule has 0 aliphatic carbocycles. The van der Waals surface area contributed by atoms with Gasteiger partial charge in [0.25, 0.3) is 0 Å². The zero-order valence-electron chi connectivity index (χ0n) is 13.8. The number of likely N-dealkylation sites (tertiary alicyclic amines) is 1. The van der Waals surface area contributed by atoms with Gasteiger partial charge in [-0.05, 0) is 37.0 Å². The topological polar surface area (TPSA) is 68.2 Å². The van der Waals surface area contributed by atoms with Crippen molar-refractivity contribution in [2.45, 2.75) is 38.8 Å². The molecule has 5 nitrogen and oxygen atoms in total. The number of nitriles is 1. The van der Waals surface area contributed by atoms with Gasteiger partial charge >= 0.3 is 0 Å². The molecule has 0 aromatic heterocycles. The fourth-order valence-electron chi connectivity index (χ4n) is 2.78. The molecule has 23 heavy (non-hydrogen) atoms. The standard InChI is InChI=1S/C18H26N4O/c1-2-9-20-18(23)14-22-10-7-17(8-11-22)21-13-16-5-3-15(12-19)4-6-16/h3-6,17,21H,2,7-11,13-14H2,1H3,(H,20,23). The van der Waals surface area contributed by atoms with Crippen LogP contribution < -0.4 is 10.6 Å². The van der Waals surface area contributed by atoms with Crippen molar-refractivity contribution in [3.8, 4) is 6.07 Å². The van der Waals surface area contributed by atoms with E-state index in [0.717, 1.165) is 45.4 Å². The fourth-order valence-corrected chi connectivity index (χ4v) is 2.78. The maximum absolute atomic E-state index is 11.7. The zero-order valence-corrected chi connectivity index (χ0v) is 13.8. The molecular weight excluding hydrogens is 288 g/mol. The Hall–Kier alpha value is -1.90. The Bertz CT molecular complexity index is 527. The lowest BCUT2D eigenvalue weighted by Crippen LogP contribution is -2.46. The van der Waals surface area contributed by atoms with Gasteiger partial charge < -0.3 is 10.6 Å². The number of carbonyl (C=O) groups is 1. The van der Waals surface area contributed by atoms with E-state index in [1.165, 1.54) is 5.56 Å². The molecule has 0 saturated carbocycles. The molecule has 2 rings (SSSR count). The highest BCUT2D eigenvalue weighted by Crippen LogP contribution is 2.11. The molecule has 2 N–H and O–H groups in total. The Labute approximate surface area is 138 Å². The van der Waals surface area contributed by atoms with E-state index in [-0.39, 0.29) is 5.91 Å². The normalized spacial score (nSPS) is 16.0. The summed E-state index contributed by atoms with van der Waals surface area (Å²) >= 11 is 0. The maximum Gasteiger partial charge on any atom is 0.234 e. The van der Waals surface area contributed by atoms with E-state index in [2.05, 4.69) is 28.5 Å². The molecule has 0 spiro atoms. The van der Waals surface area contributed by atoms with Crippen molar-refractivity contribution in [3.05, 3.63) is 35.4 Å². The fraction of sp³-hybridized carbons (Fsp3) is 0.556. The third kappa shape index (κ3) is 6.01. The van der Waals surface area contributed by atoms with Crippen LogP contribution in [0.1, 0.15) is 37.3 Å². The summed E-state index contributed by atoms with van der Waals surface area (Å²) in [4.78, 5) is 14.0. The summed E-state index contributed by atoms with van der Waals surface area (Å²) in [6, 6.07) is 10.3. The molecule has 1 aromatic carbocycles. The Morgan fingerprint density at radius 2 is 2.00 bits per heavy atom. The summed E-state index contributed by atoms with van der Waals surface area (Å²) in [5.41, 5.74) is 1.90. The van der Waals surface area contributed by atoms with Gasteiger partial charge in [-0.25, -0.2) is 0 Å². The zero-order chi connectivity index (χ0) is 16.5. The number of amides is 1. The number of carbonyl (C=O) groups excluding carboxylic acids is 1. The first-order valence-corrected chi connectivity index (χ1v) is 8.42. The molecule has 1 saturated heterocycles. The lowest BCUT2D eigenvalue weighted by molar-refractivity contribution is -0.122. The van der Waals surface area contributed by atoms with E-state index in [1.54, 1.807) is 0 Å². The third-order valence-corrected chi connectivity index (χ3v) is 4.20. The number of hydrogen-bond acceptors (Lipinski definition) is 4. The van der Waals surface area contributed by atoms with Crippen LogP contribution in [-0.4, -0.2) is 43.0 Å². The summed E-state index contributed by atoms with van der Waals surface area (Å²) in [6.45, 7) is 6.09. The van der Waals surface area contributed by atoms with Crippen molar-refractivity contribution in [2.24, 2.45) is 0 Å². The van der Waals surface area contributed by atoms with Crippen LogP contribution in [0.3, 0.4) is 0 Å². The van der Waals surface area contributed by atoms with E-state index in [1.807, 2.05) is 24.3 Å². The maximum atomic E-state index is 11.7. The van der Waals surface area contributed by atoms with Crippen LogP contribution in [0.2, 0.25) is 0 Å². The van der Waals surface area contributed by atoms with Crippen molar-refractivity contribution >= 4 is 5.91 Å². The molecule has 1 aliphatic rings. The highest BCUT2D eigenvalue weighted by molar-refractivity contribution is 5.77. The first-order chi connectivity index (χ1) is 11.2. The van der Waals surface area contributed by atoms with Crippen molar-refractivity contribution in [3.63, 3.8) is 0 Å². The monoisotopic (exact) mass is 314 g/mol. The van der Waals surface area contributed by atoms with Gasteiger partial charge in [0.1, 0.15) is 0 Å². The van der Waals surface area contributed by atoms with E-state index < -0.39 is 0 Å². The molecule has 124 valence electrons. The minimum atomic E-state index is 0.135. The SMILES string of the molecule is CCCNC(=O)CN1CCC(NCc2ccc(C#N)cc2)CC1. The number of nitrogens with one attached hydrogen (secondary N) is 2. The van der Waals surface area contributed by atoms with Crippen molar-refractivity contribution in [1.29, 1.82) is 5.26 Å². The molecule has 1 amide bonds. The average molecular weight is 314 g/mol. The largest absolute Gasteiger partial charge is 0.355 e. The minimum Gasteiger partial charge on any atom is -0.355 e. The summed E-state index contributed by atoms with van der Waals surface area (Å²) < 4.78 is 0. The average Bonchev–Trinajstić information content (AvgIpc) is 2.60. The predicted octanol–water partition coefficient (Wildman–Crippen LogP) is 1.64. The molecule has 0 unspecified atom stereocenters. The van der Waals surface area contributed by atoms with Crippen LogP contribution in [0.25, 0.3) is 0 Å². The van der Waals surface area contributed by atoms with E-state index in [0.29, 0.717) is 18.2 Å². The van der Waals surface area contributed by atoms with Crippen LogP contribution in [0.4, 0.5) is 0 Å². The molecule has 1 aliphatic heterocycles. The van der Waals surface area contributed by atoms with Gasteiger partial charge in [0.05, 0.1) is 18.2 Å². The molecule has 1 aromatic rings. The Kier molecular flexibility index (Phi) is 7.05. The van der Waals surface area contributed by atoms with Crippen molar-refractivity contribution in [1.82, 2.24) is 15.5 Å². The smallest absolute Gasteiger partial charge is 0.234 e. The Morgan fingerprint density at radius 3 is 2.61 bits per heavy atom. The van der Waals surface area contributed by atoms with Gasteiger partial charge in [0, 0.05) is 32.2 Å². The molecule has 0 bridgehead atoms. The molecule has 1 heterocycles. The van der Waals surface area contributed by atoms with Crippen LogP contribution in [0.5, 0.6) is 0 Å². The van der Waals surface area contributed by atoms with Gasteiger partial charge in [0.15, 0.2) is 0 Å². The molecule has 0 atom stereocenters. The van der Waals surface area contributed by atoms with Crippen LogP contribution >= 0.6 is 0 Å². The van der Waals surface area contributed by atoms with E-state index >= 15 is 0 Å². The second-order valence-electron chi connectivity index (χ2n) is 6.09. The number of benzene rings is 1. The number of piperidine rings is 1. The lowest BCUT2D eigenvalue weighted by atomic mass is 10.0. The summed E-state index contributed by atoms with van der Waals surface area (Å²) in [5.74, 6) is 0.135. The second-order valence-corrected chi connectivity index (χ2v) is 6.09. The number of nitrogens with zero attached hydrogens (tertiary/aromatic N) is 2. The first kappa shape index (κ1) is 17.5. The van der Waals surface area contributed by atoms with Gasteiger partial charge in [-0.1, -0.05) is 19.1 Å². The Balaban J connectivity index is 1.66. The van der Waals surface area contributed by atoms with Crippen LogP contribution in [0.15, 0.2) is 24.3 Å². The van der Waals surface area contributed by atoms with E-state index in [9.17, 15) is 4.79 Å². The lowest BCUT2D eigenvalue weighted by Gasteiger charge is -2.32. The molecule has 5 heteroatoms. The van der Waals surface area contributed by atoms with Gasteiger partial charge in [-0.3, -0.25) is 9.69 Å². The molecule has 1 fully saturated rings. The van der Waals surface area contributed by atoms with Crippen LogP contribution in [0, 0.1) is 11.3 Å². The van der Waals surface area contributed by atoms with E-state index in [4.69, 9.17) is 5.26 Å². The minimum absolute atomic E-state index is 0.135. The highest BCUT2D eigenvalue weighted by Gasteiger charge is 2.20. The summed E-state index contributed by atoms with van der Waals surface area (Å²) in [6.07, 6.45) is 3.11. The van der Waals surface area contributed by atoms with Crippen molar-refractivity contribution < 1.29 is 4.79 Å². The van der Waals surface area contributed by atoms with Crippen molar-refractivity contribution in [2.75, 3.05) is 26.2 Å². The number of hydrogen-bond donors (Lipinski definition) is 2. The second kappa shape index (κ2) is 9.29. The summed E-state index contributed by atoms with van der Waals surface area (Å²) in [5, 5.41) is 15.3. The summed E-state index contributed by atoms with van der Waals surface area (Å²) in [7, 11) is 0. The van der Waals surface area contributed by atoms with Gasteiger partial charge in [-0.15, -0.1) is 0 Å². The van der Waals surface area contributed by atoms with Gasteiger partial charge in [-0.2, -0.15) is 5.26 Å². The third-order valence-electron chi connectivity index (χ3n) is 4.20. The number of rotatable bonds is 7. The van der Waals surface area contributed by atoms with Gasteiger partial charge in [0.2, 0.25) is 5.91 Å². The first-order valence-electron chi connectivity index (χ1n) is 8.42.